The van der Waals surface area contributed by atoms with Crippen molar-refractivity contribution in [2.45, 2.75) is 4.90 Å². The van der Waals surface area contributed by atoms with Crippen LogP contribution in [0.2, 0.25) is 10.0 Å². The minimum atomic E-state index is -3.94. The summed E-state index contributed by atoms with van der Waals surface area (Å²) >= 11 is 12.0. The third kappa shape index (κ3) is 4.15. The Labute approximate surface area is 156 Å². The Morgan fingerprint density at radius 3 is 2.40 bits per heavy atom. The summed E-state index contributed by atoms with van der Waals surface area (Å²) in [6.07, 6.45) is 1.43. The van der Waals surface area contributed by atoms with Crippen molar-refractivity contribution >= 4 is 44.9 Å². The summed E-state index contributed by atoms with van der Waals surface area (Å²) in [5.41, 5.74) is 0.335. The SMILES string of the molecule is C=CCN(c1cc(C(=O)OC)ccc1Cl)S(=O)(=O)c1ccc(Cl)cc1. The van der Waals surface area contributed by atoms with E-state index in [4.69, 9.17) is 23.2 Å². The number of ether oxygens (including phenoxy) is 1. The molecule has 0 aliphatic carbocycles. The molecule has 0 heterocycles. The van der Waals surface area contributed by atoms with E-state index < -0.39 is 16.0 Å². The molecule has 0 aromatic heterocycles. The third-order valence-corrected chi connectivity index (χ3v) is 5.70. The van der Waals surface area contributed by atoms with Crippen LogP contribution >= 0.6 is 23.2 Å². The Bertz CT molecular complexity index is 895. The summed E-state index contributed by atoms with van der Waals surface area (Å²) < 4.78 is 31.7. The second-order valence-corrected chi connectivity index (χ2v) is 7.64. The van der Waals surface area contributed by atoms with Gasteiger partial charge in [0.25, 0.3) is 10.0 Å². The maximum atomic E-state index is 13.0. The Morgan fingerprint density at radius 2 is 1.84 bits per heavy atom. The molecule has 0 saturated heterocycles. The van der Waals surface area contributed by atoms with Gasteiger partial charge in [-0.3, -0.25) is 4.31 Å². The largest absolute Gasteiger partial charge is 0.465 e. The van der Waals surface area contributed by atoms with Crippen molar-refractivity contribution in [3.05, 3.63) is 70.7 Å². The fourth-order valence-electron chi connectivity index (χ4n) is 2.13. The van der Waals surface area contributed by atoms with Gasteiger partial charge in [-0.05, 0) is 42.5 Å². The number of nitrogens with zero attached hydrogens (tertiary/aromatic N) is 1. The molecule has 0 atom stereocenters. The van der Waals surface area contributed by atoms with Gasteiger partial charge in [0.2, 0.25) is 0 Å². The third-order valence-electron chi connectivity index (χ3n) is 3.33. The summed E-state index contributed by atoms with van der Waals surface area (Å²) in [6.45, 7) is 3.56. The molecule has 2 rings (SSSR count). The number of carbonyl (C=O) groups excluding carboxylic acids is 1. The minimum Gasteiger partial charge on any atom is -0.465 e. The lowest BCUT2D eigenvalue weighted by Gasteiger charge is -2.24. The van der Waals surface area contributed by atoms with Gasteiger partial charge in [0.1, 0.15) is 0 Å². The van der Waals surface area contributed by atoms with E-state index in [1.807, 2.05) is 0 Å². The summed E-state index contributed by atoms with van der Waals surface area (Å²) in [5, 5.41) is 0.590. The standard InChI is InChI=1S/C17H15Cl2NO4S/c1-3-10-20(25(22,23)14-7-5-13(18)6-8-14)16-11-12(17(21)24-2)4-9-15(16)19/h3-9,11H,1,10H2,2H3. The lowest BCUT2D eigenvalue weighted by Crippen LogP contribution is -2.31. The second-order valence-electron chi connectivity index (χ2n) is 4.94. The fraction of sp³-hybridized carbons (Fsp3) is 0.118. The molecule has 132 valence electrons. The molecule has 0 aliphatic rings. The van der Waals surface area contributed by atoms with E-state index in [1.165, 1.54) is 55.7 Å². The first-order chi connectivity index (χ1) is 11.8. The summed E-state index contributed by atoms with van der Waals surface area (Å²) in [7, 11) is -2.70. The molecule has 0 bridgehead atoms. The predicted molar refractivity (Wildman–Crippen MR) is 99.0 cm³/mol. The topological polar surface area (TPSA) is 63.7 Å². The van der Waals surface area contributed by atoms with Crippen LogP contribution in [0.15, 0.2) is 60.0 Å². The van der Waals surface area contributed by atoms with E-state index in [9.17, 15) is 13.2 Å². The van der Waals surface area contributed by atoms with Gasteiger partial charge in [-0.25, -0.2) is 13.2 Å². The van der Waals surface area contributed by atoms with Gasteiger partial charge >= 0.3 is 5.97 Å². The number of hydrogen-bond donors (Lipinski definition) is 0. The molecular weight excluding hydrogens is 385 g/mol. The molecule has 2 aromatic rings. The molecule has 0 amide bonds. The van der Waals surface area contributed by atoms with Crippen LogP contribution in [0.5, 0.6) is 0 Å². The average molecular weight is 400 g/mol. The van der Waals surface area contributed by atoms with Crippen molar-refractivity contribution in [1.29, 1.82) is 0 Å². The summed E-state index contributed by atoms with van der Waals surface area (Å²) in [4.78, 5) is 11.8. The van der Waals surface area contributed by atoms with E-state index >= 15 is 0 Å². The van der Waals surface area contributed by atoms with E-state index in [0.717, 1.165) is 4.31 Å². The van der Waals surface area contributed by atoms with Gasteiger partial charge in [-0.15, -0.1) is 6.58 Å². The van der Waals surface area contributed by atoms with Crippen LogP contribution in [0.1, 0.15) is 10.4 Å². The molecule has 5 nitrogen and oxygen atoms in total. The number of methoxy groups -OCH3 is 1. The highest BCUT2D eigenvalue weighted by Gasteiger charge is 2.26. The molecule has 0 radical (unpaired) electrons. The fourth-order valence-corrected chi connectivity index (χ4v) is 3.97. The van der Waals surface area contributed by atoms with Gasteiger partial charge in [0, 0.05) is 5.02 Å². The molecule has 2 aromatic carbocycles. The maximum Gasteiger partial charge on any atom is 0.337 e. The Morgan fingerprint density at radius 1 is 1.20 bits per heavy atom. The van der Waals surface area contributed by atoms with Crippen LogP contribution in [-0.4, -0.2) is 28.0 Å². The van der Waals surface area contributed by atoms with Crippen LogP contribution in [-0.2, 0) is 14.8 Å². The van der Waals surface area contributed by atoms with Crippen molar-refractivity contribution in [2.75, 3.05) is 18.0 Å². The number of hydrogen-bond acceptors (Lipinski definition) is 4. The average Bonchev–Trinajstić information content (AvgIpc) is 2.60. The molecule has 8 heteroatoms. The van der Waals surface area contributed by atoms with Gasteiger partial charge in [-0.1, -0.05) is 29.3 Å². The normalized spacial score (nSPS) is 11.0. The first kappa shape index (κ1) is 19.3. The number of halogens is 2. The van der Waals surface area contributed by atoms with Gasteiger partial charge in [-0.2, -0.15) is 0 Å². The molecule has 0 aliphatic heterocycles. The quantitative estimate of drug-likeness (QED) is 0.540. The molecule has 0 fully saturated rings. The summed E-state index contributed by atoms with van der Waals surface area (Å²) in [5.74, 6) is -0.597. The van der Waals surface area contributed by atoms with Crippen LogP contribution in [0, 0.1) is 0 Å². The molecule has 25 heavy (non-hydrogen) atoms. The highest BCUT2D eigenvalue weighted by Crippen LogP contribution is 2.32. The smallest absolute Gasteiger partial charge is 0.337 e. The number of esters is 1. The molecule has 0 saturated carbocycles. The zero-order chi connectivity index (χ0) is 18.6. The highest BCUT2D eigenvalue weighted by molar-refractivity contribution is 7.92. The van der Waals surface area contributed by atoms with Crippen LogP contribution < -0.4 is 4.31 Å². The Balaban J connectivity index is 2.59. The number of carbonyl (C=O) groups is 1. The van der Waals surface area contributed by atoms with Crippen molar-refractivity contribution in [3.63, 3.8) is 0 Å². The first-order valence-corrected chi connectivity index (χ1v) is 9.28. The van der Waals surface area contributed by atoms with E-state index in [1.54, 1.807) is 0 Å². The van der Waals surface area contributed by atoms with Gasteiger partial charge in [0.15, 0.2) is 0 Å². The second kappa shape index (κ2) is 7.91. The van der Waals surface area contributed by atoms with Gasteiger partial charge in [0.05, 0.1) is 34.8 Å². The van der Waals surface area contributed by atoms with Crippen LogP contribution in [0.4, 0.5) is 5.69 Å². The number of sulfonamides is 1. The van der Waals surface area contributed by atoms with E-state index in [0.29, 0.717) is 5.02 Å². The summed E-state index contributed by atoms with van der Waals surface area (Å²) in [6, 6.07) is 10.0. The minimum absolute atomic E-state index is 0.0324. The van der Waals surface area contributed by atoms with Crippen molar-refractivity contribution in [2.24, 2.45) is 0 Å². The first-order valence-electron chi connectivity index (χ1n) is 7.08. The van der Waals surface area contributed by atoms with Crippen LogP contribution in [0.25, 0.3) is 0 Å². The van der Waals surface area contributed by atoms with Gasteiger partial charge < -0.3 is 4.74 Å². The van der Waals surface area contributed by atoms with E-state index in [-0.39, 0.29) is 27.7 Å². The monoisotopic (exact) mass is 399 g/mol. The van der Waals surface area contributed by atoms with Crippen molar-refractivity contribution in [3.8, 4) is 0 Å². The number of benzene rings is 2. The Kier molecular flexibility index (Phi) is 6.11. The zero-order valence-electron chi connectivity index (χ0n) is 13.3. The lowest BCUT2D eigenvalue weighted by atomic mass is 10.2. The highest BCUT2D eigenvalue weighted by atomic mass is 35.5. The Hall–Kier alpha value is -2.02. The van der Waals surface area contributed by atoms with Crippen LogP contribution in [0.3, 0.4) is 0 Å². The number of rotatable bonds is 6. The van der Waals surface area contributed by atoms with Crippen molar-refractivity contribution in [1.82, 2.24) is 0 Å². The zero-order valence-corrected chi connectivity index (χ0v) is 15.6. The van der Waals surface area contributed by atoms with Crippen molar-refractivity contribution < 1.29 is 17.9 Å². The molecule has 0 spiro atoms. The maximum absolute atomic E-state index is 13.0. The van der Waals surface area contributed by atoms with E-state index in [2.05, 4.69) is 11.3 Å². The molecular formula is C17H15Cl2NO4S. The predicted octanol–water partition coefficient (Wildman–Crippen LogP) is 4.16. The molecule has 0 N–H and O–H groups in total. The lowest BCUT2D eigenvalue weighted by molar-refractivity contribution is 0.0601. The number of anilines is 1. The molecule has 0 unspecified atom stereocenters.